The van der Waals surface area contributed by atoms with Crippen molar-refractivity contribution in [1.82, 2.24) is 24.7 Å². The average Bonchev–Trinajstić information content (AvgIpc) is 3.46. The number of nitrogens with zero attached hydrogens (tertiary/aromatic N) is 6. The van der Waals surface area contributed by atoms with Crippen LogP contribution in [0, 0.1) is 6.92 Å². The summed E-state index contributed by atoms with van der Waals surface area (Å²) in [5.74, 6) is -1.37. The molecule has 4 amide bonds. The van der Waals surface area contributed by atoms with E-state index in [-0.39, 0.29) is 23.7 Å². The van der Waals surface area contributed by atoms with E-state index in [1.165, 1.54) is 48.5 Å². The van der Waals surface area contributed by atoms with Crippen molar-refractivity contribution in [3.8, 4) is 10.6 Å². The van der Waals surface area contributed by atoms with Gasteiger partial charge in [-0.25, -0.2) is 14.8 Å². The number of imide groups is 1. The summed E-state index contributed by atoms with van der Waals surface area (Å²) in [5.41, 5.74) is -0.668. The second-order valence-corrected chi connectivity index (χ2v) is 9.54. The van der Waals surface area contributed by atoms with Gasteiger partial charge in [0.15, 0.2) is 12.2 Å². The zero-order chi connectivity index (χ0) is 27.2. The molecule has 4 heterocycles. The van der Waals surface area contributed by atoms with E-state index in [9.17, 15) is 32.3 Å². The number of aliphatic imine (C=N–C) groups is 1. The van der Waals surface area contributed by atoms with Crippen LogP contribution in [0.4, 0.5) is 23.8 Å². The van der Waals surface area contributed by atoms with E-state index in [0.29, 0.717) is 10.6 Å². The molecule has 2 aliphatic rings. The van der Waals surface area contributed by atoms with Gasteiger partial charge < -0.3 is 15.1 Å². The van der Waals surface area contributed by atoms with Crippen LogP contribution in [0.2, 0.25) is 0 Å². The first kappa shape index (κ1) is 26.2. The van der Waals surface area contributed by atoms with E-state index >= 15 is 0 Å². The van der Waals surface area contributed by atoms with Gasteiger partial charge in [-0.1, -0.05) is 0 Å². The Balaban J connectivity index is 1.48. The summed E-state index contributed by atoms with van der Waals surface area (Å²) < 4.78 is 39.0. The van der Waals surface area contributed by atoms with Gasteiger partial charge in [0.05, 0.1) is 12.9 Å². The molecule has 4 rings (SSSR count). The minimum absolute atomic E-state index is 0.0540. The molecule has 15 heteroatoms. The maximum atomic E-state index is 13.1. The molecular weight excluding hydrogens is 515 g/mol. The summed E-state index contributed by atoms with van der Waals surface area (Å²) in [4.78, 5) is 65.6. The number of rotatable bonds is 6. The normalized spacial score (nSPS) is 20.4. The molecular formula is C22H22F3N7O4S. The largest absolute Gasteiger partial charge is 0.433 e. The highest BCUT2D eigenvalue weighted by Crippen LogP contribution is 2.33. The van der Waals surface area contributed by atoms with Crippen LogP contribution < -0.4 is 5.32 Å². The lowest BCUT2D eigenvalue weighted by Crippen LogP contribution is -2.66. The molecule has 0 radical (unpaired) electrons. The standard InChI is InChI=1S/C22H22F3N7O4S/c1-10-5-13(6-26-16(10)22(23,24)25)19-29-14(8-37-19)28-18(34)12(3)32-9-27-17-15(32)20(35)31(7-11(2)33)21(36)30(17)4/h5-6,8-9,12,15,17H,7H2,1-4H3,(H,28,34)/t12-,15?,17?/m0/s1. The van der Waals surface area contributed by atoms with E-state index in [0.717, 1.165) is 22.4 Å². The van der Waals surface area contributed by atoms with E-state index in [4.69, 9.17) is 0 Å². The number of hydrogen-bond donors (Lipinski definition) is 1. The quantitative estimate of drug-likeness (QED) is 0.599. The Kier molecular flexibility index (Phi) is 6.75. The molecule has 11 nitrogen and oxygen atoms in total. The van der Waals surface area contributed by atoms with Gasteiger partial charge in [-0.05, 0) is 32.4 Å². The molecule has 1 saturated heterocycles. The van der Waals surface area contributed by atoms with Gasteiger partial charge in [-0.15, -0.1) is 11.3 Å². The second-order valence-electron chi connectivity index (χ2n) is 8.68. The Morgan fingerprint density at radius 1 is 1.27 bits per heavy atom. The van der Waals surface area contributed by atoms with E-state index in [1.807, 2.05) is 0 Å². The van der Waals surface area contributed by atoms with Crippen LogP contribution in [0.25, 0.3) is 10.6 Å². The van der Waals surface area contributed by atoms with Crippen molar-refractivity contribution in [2.75, 3.05) is 18.9 Å². The van der Waals surface area contributed by atoms with Gasteiger partial charge >= 0.3 is 12.2 Å². The lowest BCUT2D eigenvalue weighted by molar-refractivity contribution is -0.142. The van der Waals surface area contributed by atoms with Crippen molar-refractivity contribution >= 4 is 47.1 Å². The van der Waals surface area contributed by atoms with Gasteiger partial charge in [0.1, 0.15) is 28.3 Å². The second kappa shape index (κ2) is 9.53. The lowest BCUT2D eigenvalue weighted by atomic mass is 10.1. The average molecular weight is 538 g/mol. The molecule has 2 unspecified atom stereocenters. The Bertz CT molecular complexity index is 1310. The molecule has 37 heavy (non-hydrogen) atoms. The predicted octanol–water partition coefficient (Wildman–Crippen LogP) is 2.38. The van der Waals surface area contributed by atoms with Crippen molar-refractivity contribution in [1.29, 1.82) is 0 Å². The van der Waals surface area contributed by atoms with Crippen LogP contribution in [-0.2, 0) is 20.6 Å². The number of halogens is 3. The number of hydrogen-bond acceptors (Lipinski definition) is 9. The van der Waals surface area contributed by atoms with Crippen LogP contribution >= 0.6 is 11.3 Å². The third-order valence-corrected chi connectivity index (χ3v) is 6.85. The molecule has 196 valence electrons. The summed E-state index contributed by atoms with van der Waals surface area (Å²) in [6.45, 7) is 3.71. The molecule has 0 saturated carbocycles. The first-order chi connectivity index (χ1) is 17.3. The Labute approximate surface area is 213 Å². The molecule has 0 spiro atoms. The van der Waals surface area contributed by atoms with Crippen molar-refractivity contribution in [2.24, 2.45) is 4.99 Å². The van der Waals surface area contributed by atoms with E-state index in [1.54, 1.807) is 6.92 Å². The van der Waals surface area contributed by atoms with Crippen LogP contribution in [0.3, 0.4) is 0 Å². The number of thiazole rings is 1. The summed E-state index contributed by atoms with van der Waals surface area (Å²) >= 11 is 1.11. The summed E-state index contributed by atoms with van der Waals surface area (Å²) in [7, 11) is 1.46. The van der Waals surface area contributed by atoms with Crippen molar-refractivity contribution < 1.29 is 32.3 Å². The first-order valence-electron chi connectivity index (χ1n) is 11.0. The number of amides is 4. The highest BCUT2D eigenvalue weighted by molar-refractivity contribution is 7.13. The number of pyridine rings is 1. The molecule has 0 aromatic carbocycles. The minimum Gasteiger partial charge on any atom is -0.335 e. The number of carbonyl (C=O) groups excluding carboxylic acids is 4. The van der Waals surface area contributed by atoms with Crippen molar-refractivity contribution in [3.63, 3.8) is 0 Å². The van der Waals surface area contributed by atoms with E-state index < -0.39 is 48.0 Å². The summed E-state index contributed by atoms with van der Waals surface area (Å²) in [6.07, 6.45) is -3.02. The van der Waals surface area contributed by atoms with Crippen LogP contribution in [0.5, 0.6) is 0 Å². The van der Waals surface area contributed by atoms with Crippen LogP contribution in [-0.4, -0.2) is 86.5 Å². The Morgan fingerprint density at radius 2 is 1.97 bits per heavy atom. The number of ketones is 1. The number of alkyl halides is 3. The molecule has 3 atom stereocenters. The molecule has 2 aliphatic heterocycles. The first-order valence-corrected chi connectivity index (χ1v) is 11.9. The van der Waals surface area contributed by atoms with Gasteiger partial charge in [-0.3, -0.25) is 24.3 Å². The zero-order valence-electron chi connectivity index (χ0n) is 20.1. The molecule has 2 aromatic heterocycles. The molecule has 1 fully saturated rings. The molecule has 2 aromatic rings. The number of aromatic nitrogens is 2. The SMILES string of the molecule is CC(=O)CN1C(=O)C2C(N=CN2[C@@H](C)C(=O)Nc2csc(-c3cnc(C(F)(F)F)c(C)c3)n2)N(C)C1=O. The maximum Gasteiger partial charge on any atom is 0.433 e. The number of likely N-dealkylation sites (N-methyl/N-ethyl adjacent to an activating group) is 1. The fourth-order valence-electron chi connectivity index (χ4n) is 4.10. The van der Waals surface area contributed by atoms with E-state index in [2.05, 4.69) is 20.3 Å². The molecule has 1 N–H and O–H groups in total. The Hall–Kier alpha value is -3.88. The van der Waals surface area contributed by atoms with Gasteiger partial charge in [0.25, 0.3) is 5.91 Å². The number of nitrogens with one attached hydrogen (secondary N) is 1. The molecule has 0 aliphatic carbocycles. The zero-order valence-corrected chi connectivity index (χ0v) is 20.9. The number of carbonyl (C=O) groups is 4. The number of urea groups is 1. The lowest BCUT2D eigenvalue weighted by Gasteiger charge is -2.41. The van der Waals surface area contributed by atoms with Gasteiger partial charge in [0, 0.05) is 24.2 Å². The third kappa shape index (κ3) is 4.90. The number of fused-ring (bicyclic) bond motifs is 1. The van der Waals surface area contributed by atoms with Gasteiger partial charge in [-0.2, -0.15) is 13.2 Å². The van der Waals surface area contributed by atoms with Gasteiger partial charge in [0.2, 0.25) is 5.91 Å². The number of Topliss-reactive ketones (excluding diaryl/α,β-unsaturated/α-hetero) is 1. The van der Waals surface area contributed by atoms with Crippen LogP contribution in [0.15, 0.2) is 22.6 Å². The fraction of sp³-hybridized carbons (Fsp3) is 0.409. The third-order valence-electron chi connectivity index (χ3n) is 5.96. The number of aryl methyl sites for hydroxylation is 1. The Morgan fingerprint density at radius 3 is 2.59 bits per heavy atom. The maximum absolute atomic E-state index is 13.1. The fourth-order valence-corrected chi connectivity index (χ4v) is 4.84. The van der Waals surface area contributed by atoms with Crippen LogP contribution in [0.1, 0.15) is 25.1 Å². The van der Waals surface area contributed by atoms with Crippen molar-refractivity contribution in [2.45, 2.75) is 45.2 Å². The highest BCUT2D eigenvalue weighted by atomic mass is 32.1. The topological polar surface area (TPSA) is 128 Å². The molecule has 0 bridgehead atoms. The smallest absolute Gasteiger partial charge is 0.335 e. The minimum atomic E-state index is -4.57. The summed E-state index contributed by atoms with van der Waals surface area (Å²) in [6, 6.07) is -1.23. The van der Waals surface area contributed by atoms with Crippen molar-refractivity contribution in [3.05, 3.63) is 28.9 Å². The summed E-state index contributed by atoms with van der Waals surface area (Å²) in [5, 5.41) is 4.52. The highest BCUT2D eigenvalue weighted by Gasteiger charge is 2.51. The monoisotopic (exact) mass is 537 g/mol. The predicted molar refractivity (Wildman–Crippen MR) is 127 cm³/mol. The number of anilines is 1.